The van der Waals surface area contributed by atoms with Gasteiger partial charge in [-0.1, -0.05) is 27.7 Å². The van der Waals surface area contributed by atoms with Crippen LogP contribution in [0.3, 0.4) is 0 Å². The standard InChI is InChI=1S/C20H28O5/c1-10(2)17(24)16-13(22)9-12(21)11-8-14-19(3,4)15(23)6-7-20(14,5)25-18(11)16/h9-10,14-15,21-23H,6-8H2,1-5H3/t14-,15-,20-/m1/s1. The SMILES string of the molecule is CC(C)C(=O)c1c(O)cc(O)c2c1O[C@]1(C)CC[C@@H](O)C(C)(C)[C@H]1C2. The molecule has 1 fully saturated rings. The summed E-state index contributed by atoms with van der Waals surface area (Å²) >= 11 is 0. The predicted octanol–water partition coefficient (Wildman–Crippen LogP) is 3.43. The summed E-state index contributed by atoms with van der Waals surface area (Å²) in [4.78, 5) is 12.6. The number of Topliss-reactive ketones (excluding diaryl/α,β-unsaturated/α-hetero) is 1. The lowest BCUT2D eigenvalue weighted by atomic mass is 9.57. The van der Waals surface area contributed by atoms with Gasteiger partial charge in [0, 0.05) is 23.5 Å². The molecule has 1 saturated carbocycles. The summed E-state index contributed by atoms with van der Waals surface area (Å²) in [6.07, 6.45) is 1.34. The van der Waals surface area contributed by atoms with Crippen LogP contribution in [0.2, 0.25) is 0 Å². The highest BCUT2D eigenvalue weighted by molar-refractivity contribution is 6.03. The third-order valence-electron chi connectivity index (χ3n) is 6.26. The van der Waals surface area contributed by atoms with Gasteiger partial charge in [0.15, 0.2) is 5.78 Å². The lowest BCUT2D eigenvalue weighted by Gasteiger charge is -2.55. The van der Waals surface area contributed by atoms with Crippen LogP contribution in [0.1, 0.15) is 63.4 Å². The number of benzene rings is 1. The lowest BCUT2D eigenvalue weighted by Crippen LogP contribution is -2.58. The van der Waals surface area contributed by atoms with Gasteiger partial charge in [-0.25, -0.2) is 0 Å². The van der Waals surface area contributed by atoms with Crippen molar-refractivity contribution in [1.82, 2.24) is 0 Å². The normalized spacial score (nSPS) is 30.4. The highest BCUT2D eigenvalue weighted by atomic mass is 16.5. The van der Waals surface area contributed by atoms with Gasteiger partial charge >= 0.3 is 0 Å². The van der Waals surface area contributed by atoms with Crippen LogP contribution >= 0.6 is 0 Å². The van der Waals surface area contributed by atoms with Crippen LogP contribution in [0.15, 0.2) is 6.07 Å². The van der Waals surface area contributed by atoms with Crippen molar-refractivity contribution in [3.63, 3.8) is 0 Å². The molecule has 3 rings (SSSR count). The van der Waals surface area contributed by atoms with E-state index in [-0.39, 0.29) is 40.1 Å². The molecule has 3 atom stereocenters. The molecule has 1 heterocycles. The Bertz CT molecular complexity index is 721. The van der Waals surface area contributed by atoms with Gasteiger partial charge < -0.3 is 20.1 Å². The molecule has 5 nitrogen and oxygen atoms in total. The minimum absolute atomic E-state index is 0.00584. The quantitative estimate of drug-likeness (QED) is 0.713. The summed E-state index contributed by atoms with van der Waals surface area (Å²) in [6, 6.07) is 1.23. The second kappa shape index (κ2) is 5.63. The molecule has 1 aliphatic heterocycles. The third kappa shape index (κ3) is 2.60. The Hall–Kier alpha value is -1.75. The zero-order valence-corrected chi connectivity index (χ0v) is 15.6. The molecule has 1 aromatic rings. The van der Waals surface area contributed by atoms with Crippen LogP contribution in [-0.4, -0.2) is 32.8 Å². The van der Waals surface area contributed by atoms with Gasteiger partial charge in [-0.05, 0) is 31.6 Å². The fourth-order valence-electron chi connectivity index (χ4n) is 4.54. The molecule has 0 unspecified atom stereocenters. The number of aliphatic hydroxyl groups excluding tert-OH is 1. The molecule has 0 spiro atoms. The van der Waals surface area contributed by atoms with E-state index in [4.69, 9.17) is 4.74 Å². The van der Waals surface area contributed by atoms with Crippen molar-refractivity contribution in [2.24, 2.45) is 17.3 Å². The molecule has 1 aromatic carbocycles. The summed E-state index contributed by atoms with van der Waals surface area (Å²) in [5, 5.41) is 31.1. The predicted molar refractivity (Wildman–Crippen MR) is 94.2 cm³/mol. The molecular formula is C20H28O5. The van der Waals surface area contributed by atoms with Gasteiger partial charge in [0.25, 0.3) is 0 Å². The number of carbonyl (C=O) groups is 1. The van der Waals surface area contributed by atoms with E-state index in [9.17, 15) is 20.1 Å². The maximum absolute atomic E-state index is 12.6. The number of aliphatic hydroxyl groups is 1. The van der Waals surface area contributed by atoms with Crippen molar-refractivity contribution in [2.45, 2.75) is 65.6 Å². The van der Waals surface area contributed by atoms with Gasteiger partial charge in [-0.3, -0.25) is 4.79 Å². The fourth-order valence-corrected chi connectivity index (χ4v) is 4.54. The molecular weight excluding hydrogens is 320 g/mol. The second-order valence-corrected chi connectivity index (χ2v) is 8.66. The van der Waals surface area contributed by atoms with E-state index in [2.05, 4.69) is 0 Å². The van der Waals surface area contributed by atoms with Crippen molar-refractivity contribution in [1.29, 1.82) is 0 Å². The van der Waals surface area contributed by atoms with E-state index >= 15 is 0 Å². The van der Waals surface area contributed by atoms with E-state index in [1.807, 2.05) is 20.8 Å². The Morgan fingerprint density at radius 2 is 1.88 bits per heavy atom. The van der Waals surface area contributed by atoms with Crippen molar-refractivity contribution in [3.8, 4) is 17.2 Å². The smallest absolute Gasteiger partial charge is 0.172 e. The first kappa shape index (κ1) is 18.1. The number of phenols is 2. The van der Waals surface area contributed by atoms with E-state index in [1.54, 1.807) is 13.8 Å². The van der Waals surface area contributed by atoms with Crippen molar-refractivity contribution < 1.29 is 24.9 Å². The number of rotatable bonds is 2. The second-order valence-electron chi connectivity index (χ2n) is 8.66. The van der Waals surface area contributed by atoms with Crippen LogP contribution in [0.25, 0.3) is 0 Å². The first-order valence-electron chi connectivity index (χ1n) is 8.98. The molecule has 0 aromatic heterocycles. The number of carbonyl (C=O) groups excluding carboxylic acids is 1. The van der Waals surface area contributed by atoms with Gasteiger partial charge in [-0.15, -0.1) is 0 Å². The summed E-state index contributed by atoms with van der Waals surface area (Å²) < 4.78 is 6.32. The largest absolute Gasteiger partial charge is 0.507 e. The van der Waals surface area contributed by atoms with Crippen molar-refractivity contribution >= 4 is 5.78 Å². The Balaban J connectivity index is 2.18. The molecule has 0 amide bonds. The van der Waals surface area contributed by atoms with Crippen LogP contribution < -0.4 is 4.74 Å². The molecule has 0 radical (unpaired) electrons. The van der Waals surface area contributed by atoms with Crippen molar-refractivity contribution in [3.05, 3.63) is 17.2 Å². The minimum atomic E-state index is -0.554. The van der Waals surface area contributed by atoms with E-state index in [0.717, 1.165) is 0 Å². The number of phenolic OH excluding ortho intramolecular Hbond substituents is 2. The highest BCUT2D eigenvalue weighted by Gasteiger charge is 2.55. The lowest BCUT2D eigenvalue weighted by molar-refractivity contribution is -0.138. The fraction of sp³-hybridized carbons (Fsp3) is 0.650. The average Bonchev–Trinajstić information content (AvgIpc) is 2.50. The number of ketones is 1. The monoisotopic (exact) mass is 348 g/mol. The third-order valence-corrected chi connectivity index (χ3v) is 6.26. The number of aromatic hydroxyl groups is 2. The number of fused-ring (bicyclic) bond motifs is 2. The summed E-state index contributed by atoms with van der Waals surface area (Å²) in [5.41, 5.74) is -0.225. The molecule has 0 bridgehead atoms. The van der Waals surface area contributed by atoms with Crippen molar-refractivity contribution in [2.75, 3.05) is 0 Å². The summed E-state index contributed by atoms with van der Waals surface area (Å²) in [6.45, 7) is 9.58. The highest BCUT2D eigenvalue weighted by Crippen LogP contribution is 2.56. The van der Waals surface area contributed by atoms with Gasteiger partial charge in [0.05, 0.1) is 6.10 Å². The van der Waals surface area contributed by atoms with Gasteiger partial charge in [0.2, 0.25) is 0 Å². The molecule has 3 N–H and O–H groups in total. The molecule has 138 valence electrons. The first-order chi connectivity index (χ1) is 11.5. The summed E-state index contributed by atoms with van der Waals surface area (Å²) in [5.74, 6) is -0.502. The van der Waals surface area contributed by atoms with Crippen LogP contribution in [-0.2, 0) is 6.42 Å². The zero-order valence-electron chi connectivity index (χ0n) is 15.6. The number of ether oxygens (including phenoxy) is 1. The van der Waals surface area contributed by atoms with E-state index < -0.39 is 11.7 Å². The Kier molecular flexibility index (Phi) is 4.06. The molecule has 5 heteroatoms. The Labute approximate surface area is 148 Å². The molecule has 2 aliphatic rings. The molecule has 0 saturated heterocycles. The topological polar surface area (TPSA) is 87.0 Å². The van der Waals surface area contributed by atoms with Crippen LogP contribution in [0.4, 0.5) is 0 Å². The Morgan fingerprint density at radius 1 is 1.24 bits per heavy atom. The number of hydrogen-bond acceptors (Lipinski definition) is 5. The van der Waals surface area contributed by atoms with E-state index in [0.29, 0.717) is 30.6 Å². The van der Waals surface area contributed by atoms with Crippen LogP contribution in [0, 0.1) is 17.3 Å². The maximum atomic E-state index is 12.6. The van der Waals surface area contributed by atoms with Gasteiger partial charge in [0.1, 0.15) is 28.4 Å². The van der Waals surface area contributed by atoms with E-state index in [1.165, 1.54) is 6.07 Å². The summed E-state index contributed by atoms with van der Waals surface area (Å²) in [7, 11) is 0. The van der Waals surface area contributed by atoms with Gasteiger partial charge in [-0.2, -0.15) is 0 Å². The molecule has 1 aliphatic carbocycles. The maximum Gasteiger partial charge on any atom is 0.172 e. The number of hydrogen-bond donors (Lipinski definition) is 3. The minimum Gasteiger partial charge on any atom is -0.507 e. The Morgan fingerprint density at radius 3 is 2.48 bits per heavy atom. The zero-order chi connectivity index (χ0) is 18.7. The van der Waals surface area contributed by atoms with Crippen LogP contribution in [0.5, 0.6) is 17.2 Å². The average molecular weight is 348 g/mol. The molecule has 25 heavy (non-hydrogen) atoms. The first-order valence-corrected chi connectivity index (χ1v) is 8.98.